The quantitative estimate of drug-likeness (QED) is 0.711. The molecule has 1 rings (SSSR count). The van der Waals surface area contributed by atoms with Gasteiger partial charge in [0.2, 0.25) is 5.91 Å². The lowest BCUT2D eigenvalue weighted by Gasteiger charge is -2.35. The third kappa shape index (κ3) is 7.28. The Labute approximate surface area is 130 Å². The molecule has 1 fully saturated rings. The number of carbonyl (C=O) groups excluding carboxylic acids is 1. The molecular formula is C17H34N2O2. The Morgan fingerprint density at radius 1 is 1.24 bits per heavy atom. The Hall–Kier alpha value is -0.610. The minimum Gasteiger partial charge on any atom is -0.393 e. The molecule has 0 saturated carbocycles. The lowest BCUT2D eigenvalue weighted by molar-refractivity contribution is -0.136. The molecule has 0 aromatic carbocycles. The van der Waals surface area contributed by atoms with Crippen molar-refractivity contribution in [1.29, 1.82) is 0 Å². The van der Waals surface area contributed by atoms with Crippen molar-refractivity contribution in [2.24, 2.45) is 0 Å². The van der Waals surface area contributed by atoms with Gasteiger partial charge in [0.25, 0.3) is 0 Å². The molecule has 1 aliphatic rings. The van der Waals surface area contributed by atoms with Gasteiger partial charge in [0.15, 0.2) is 0 Å². The molecule has 1 aliphatic heterocycles. The molecule has 1 unspecified atom stereocenters. The first-order valence-electron chi connectivity index (χ1n) is 8.58. The van der Waals surface area contributed by atoms with Gasteiger partial charge in [0.05, 0.1) is 12.1 Å². The topological polar surface area (TPSA) is 52.6 Å². The molecule has 0 aromatic heterocycles. The average Bonchev–Trinajstić information content (AvgIpc) is 2.41. The zero-order chi connectivity index (χ0) is 15.9. The molecule has 4 heteroatoms. The third-order valence-electron chi connectivity index (χ3n) is 4.03. The summed E-state index contributed by atoms with van der Waals surface area (Å²) in [6.07, 6.45) is 6.87. The van der Waals surface area contributed by atoms with Crippen molar-refractivity contribution in [3.8, 4) is 0 Å². The van der Waals surface area contributed by atoms with E-state index >= 15 is 0 Å². The van der Waals surface area contributed by atoms with E-state index in [4.69, 9.17) is 0 Å². The van der Waals surface area contributed by atoms with Crippen LogP contribution in [-0.4, -0.2) is 46.7 Å². The minimum absolute atomic E-state index is 0.0552. The van der Waals surface area contributed by atoms with Crippen molar-refractivity contribution in [3.63, 3.8) is 0 Å². The van der Waals surface area contributed by atoms with E-state index in [0.29, 0.717) is 25.9 Å². The maximum Gasteiger partial charge on any atom is 0.239 e. The molecular weight excluding hydrogens is 264 g/mol. The molecule has 124 valence electrons. The second-order valence-electron chi connectivity index (χ2n) is 7.35. The van der Waals surface area contributed by atoms with Crippen molar-refractivity contribution < 1.29 is 9.90 Å². The SMILES string of the molecule is CCCCCCC(NC(C)(C)C)C(=O)N1CCC(O)CC1. The van der Waals surface area contributed by atoms with E-state index in [1.165, 1.54) is 19.3 Å². The minimum atomic E-state index is -0.229. The zero-order valence-electron chi connectivity index (χ0n) is 14.3. The Kier molecular flexibility index (Phi) is 7.67. The summed E-state index contributed by atoms with van der Waals surface area (Å²) in [5.74, 6) is 0.216. The molecule has 0 bridgehead atoms. The highest BCUT2D eigenvalue weighted by Crippen LogP contribution is 2.16. The van der Waals surface area contributed by atoms with Gasteiger partial charge in [-0.1, -0.05) is 32.6 Å². The van der Waals surface area contributed by atoms with E-state index in [2.05, 4.69) is 33.0 Å². The van der Waals surface area contributed by atoms with Crippen LogP contribution in [0.1, 0.15) is 72.6 Å². The van der Waals surface area contributed by atoms with Crippen LogP contribution in [0.3, 0.4) is 0 Å². The first kappa shape index (κ1) is 18.4. The van der Waals surface area contributed by atoms with Gasteiger partial charge in [-0.15, -0.1) is 0 Å². The molecule has 1 atom stereocenters. The summed E-state index contributed by atoms with van der Waals surface area (Å²) < 4.78 is 0. The first-order chi connectivity index (χ1) is 9.83. The van der Waals surface area contributed by atoms with Crippen LogP contribution in [0.5, 0.6) is 0 Å². The summed E-state index contributed by atoms with van der Waals surface area (Å²) in [6, 6.07) is -0.0860. The fraction of sp³-hybridized carbons (Fsp3) is 0.941. The van der Waals surface area contributed by atoms with Crippen molar-refractivity contribution >= 4 is 5.91 Å². The smallest absolute Gasteiger partial charge is 0.239 e. The highest BCUT2D eigenvalue weighted by atomic mass is 16.3. The molecule has 1 amide bonds. The summed E-state index contributed by atoms with van der Waals surface area (Å²) in [5.41, 5.74) is -0.0552. The van der Waals surface area contributed by atoms with Gasteiger partial charge in [0, 0.05) is 18.6 Å². The van der Waals surface area contributed by atoms with Crippen LogP contribution in [0.4, 0.5) is 0 Å². The molecule has 0 aliphatic carbocycles. The van der Waals surface area contributed by atoms with Crippen LogP contribution in [0.15, 0.2) is 0 Å². The highest BCUT2D eigenvalue weighted by molar-refractivity contribution is 5.82. The zero-order valence-corrected chi connectivity index (χ0v) is 14.3. The van der Waals surface area contributed by atoms with Crippen molar-refractivity contribution in [2.75, 3.05) is 13.1 Å². The van der Waals surface area contributed by atoms with Gasteiger partial charge in [-0.25, -0.2) is 0 Å². The lowest BCUT2D eigenvalue weighted by Crippen LogP contribution is -2.54. The molecule has 21 heavy (non-hydrogen) atoms. The third-order valence-corrected chi connectivity index (χ3v) is 4.03. The first-order valence-corrected chi connectivity index (χ1v) is 8.58. The molecule has 0 aromatic rings. The number of carbonyl (C=O) groups is 1. The Bertz CT molecular complexity index is 304. The van der Waals surface area contributed by atoms with Crippen LogP contribution in [0, 0.1) is 0 Å². The van der Waals surface area contributed by atoms with Crippen molar-refractivity contribution in [2.45, 2.75) is 90.3 Å². The number of rotatable bonds is 7. The van der Waals surface area contributed by atoms with E-state index in [-0.39, 0.29) is 23.6 Å². The summed E-state index contributed by atoms with van der Waals surface area (Å²) >= 11 is 0. The highest BCUT2D eigenvalue weighted by Gasteiger charge is 2.29. The van der Waals surface area contributed by atoms with Gasteiger partial charge < -0.3 is 15.3 Å². The van der Waals surface area contributed by atoms with E-state index in [1.54, 1.807) is 0 Å². The van der Waals surface area contributed by atoms with Crippen LogP contribution in [0.25, 0.3) is 0 Å². The van der Waals surface area contributed by atoms with Crippen LogP contribution in [0.2, 0.25) is 0 Å². The predicted molar refractivity (Wildman–Crippen MR) is 87.3 cm³/mol. The number of aliphatic hydroxyl groups is 1. The Morgan fingerprint density at radius 3 is 2.38 bits per heavy atom. The number of piperidine rings is 1. The second kappa shape index (κ2) is 8.74. The van der Waals surface area contributed by atoms with Crippen LogP contribution < -0.4 is 5.32 Å². The number of likely N-dealkylation sites (tertiary alicyclic amines) is 1. The fourth-order valence-corrected chi connectivity index (χ4v) is 2.86. The van der Waals surface area contributed by atoms with Gasteiger partial charge in [-0.3, -0.25) is 4.79 Å². The van der Waals surface area contributed by atoms with E-state index in [0.717, 1.165) is 12.8 Å². The molecule has 0 spiro atoms. The number of unbranched alkanes of at least 4 members (excludes halogenated alkanes) is 3. The van der Waals surface area contributed by atoms with Crippen molar-refractivity contribution in [3.05, 3.63) is 0 Å². The Morgan fingerprint density at radius 2 is 1.86 bits per heavy atom. The number of nitrogens with one attached hydrogen (secondary N) is 1. The summed E-state index contributed by atoms with van der Waals surface area (Å²) in [7, 11) is 0. The fourth-order valence-electron chi connectivity index (χ4n) is 2.86. The Balaban J connectivity index is 2.55. The van der Waals surface area contributed by atoms with E-state index < -0.39 is 0 Å². The molecule has 4 nitrogen and oxygen atoms in total. The summed E-state index contributed by atoms with van der Waals surface area (Å²) in [5, 5.41) is 13.1. The van der Waals surface area contributed by atoms with Gasteiger partial charge >= 0.3 is 0 Å². The maximum absolute atomic E-state index is 12.7. The monoisotopic (exact) mass is 298 g/mol. The number of amides is 1. The normalized spacial score (nSPS) is 18.8. The number of hydrogen-bond donors (Lipinski definition) is 2. The molecule has 2 N–H and O–H groups in total. The van der Waals surface area contributed by atoms with E-state index in [9.17, 15) is 9.90 Å². The summed E-state index contributed by atoms with van der Waals surface area (Å²) in [4.78, 5) is 14.7. The van der Waals surface area contributed by atoms with Gasteiger partial charge in [-0.2, -0.15) is 0 Å². The summed E-state index contributed by atoms with van der Waals surface area (Å²) in [6.45, 7) is 9.92. The predicted octanol–water partition coefficient (Wildman–Crippen LogP) is 2.70. The molecule has 1 heterocycles. The largest absolute Gasteiger partial charge is 0.393 e. The number of nitrogens with zero attached hydrogens (tertiary/aromatic N) is 1. The number of aliphatic hydroxyl groups excluding tert-OH is 1. The lowest BCUT2D eigenvalue weighted by atomic mass is 10.00. The van der Waals surface area contributed by atoms with Gasteiger partial charge in [-0.05, 0) is 40.0 Å². The number of hydrogen-bond acceptors (Lipinski definition) is 3. The van der Waals surface area contributed by atoms with Crippen molar-refractivity contribution in [1.82, 2.24) is 10.2 Å². The van der Waals surface area contributed by atoms with Gasteiger partial charge in [0.1, 0.15) is 0 Å². The maximum atomic E-state index is 12.7. The van der Waals surface area contributed by atoms with Crippen LogP contribution in [-0.2, 0) is 4.79 Å². The average molecular weight is 298 g/mol. The second-order valence-corrected chi connectivity index (χ2v) is 7.35. The van der Waals surface area contributed by atoms with E-state index in [1.807, 2.05) is 4.90 Å². The molecule has 0 radical (unpaired) electrons. The standard InChI is InChI=1S/C17H34N2O2/c1-5-6-7-8-9-15(18-17(2,3)4)16(21)19-12-10-14(20)11-13-19/h14-15,18,20H,5-13H2,1-4H3. The molecule has 1 saturated heterocycles. The van der Waals surface area contributed by atoms with Crippen LogP contribution >= 0.6 is 0 Å².